The fourth-order valence-electron chi connectivity index (χ4n) is 2.88. The first-order valence-electron chi connectivity index (χ1n) is 8.14. The zero-order chi connectivity index (χ0) is 17.5. The average Bonchev–Trinajstić information content (AvgIpc) is 2.62. The molecule has 1 N–H and O–H groups in total. The van der Waals surface area contributed by atoms with Gasteiger partial charge in [-0.25, -0.2) is 4.79 Å². The number of esters is 1. The van der Waals surface area contributed by atoms with Gasteiger partial charge in [0.25, 0.3) is 0 Å². The van der Waals surface area contributed by atoms with Crippen molar-refractivity contribution < 1.29 is 19.4 Å². The minimum absolute atomic E-state index is 0.0242. The van der Waals surface area contributed by atoms with Gasteiger partial charge in [-0.1, -0.05) is 43.7 Å². The standard InChI is InChI=1S/C20H24O4/c1-4-8-16-15(11-12-23-2)13-17(14-9-6-5-7-10-14)18(19(16)21)20(22)24-3/h5-7,9-10,13,21H,4,8,11-12H2,1-3H3. The molecule has 0 radical (unpaired) electrons. The Hall–Kier alpha value is -2.33. The fourth-order valence-corrected chi connectivity index (χ4v) is 2.88. The summed E-state index contributed by atoms with van der Waals surface area (Å²) in [4.78, 5) is 12.3. The largest absolute Gasteiger partial charge is 0.507 e. The molecule has 2 aromatic rings. The summed E-state index contributed by atoms with van der Waals surface area (Å²) < 4.78 is 10.1. The van der Waals surface area contributed by atoms with Crippen LogP contribution in [0.25, 0.3) is 11.1 Å². The molecule has 2 rings (SSSR count). The van der Waals surface area contributed by atoms with Crippen LogP contribution in [-0.2, 0) is 22.3 Å². The molecule has 0 heterocycles. The quantitative estimate of drug-likeness (QED) is 0.781. The third-order valence-electron chi connectivity index (χ3n) is 4.05. The molecule has 0 bridgehead atoms. The van der Waals surface area contributed by atoms with Crippen molar-refractivity contribution in [2.45, 2.75) is 26.2 Å². The van der Waals surface area contributed by atoms with E-state index in [9.17, 15) is 9.90 Å². The van der Waals surface area contributed by atoms with E-state index in [1.807, 2.05) is 43.3 Å². The molecular weight excluding hydrogens is 304 g/mol. The number of hydrogen-bond acceptors (Lipinski definition) is 4. The second-order valence-corrected chi connectivity index (χ2v) is 5.64. The van der Waals surface area contributed by atoms with E-state index in [2.05, 4.69) is 0 Å². The van der Waals surface area contributed by atoms with E-state index in [1.54, 1.807) is 7.11 Å². The Morgan fingerprint density at radius 2 is 1.83 bits per heavy atom. The number of rotatable bonds is 7. The molecule has 4 heteroatoms. The van der Waals surface area contributed by atoms with Crippen LogP contribution in [0.2, 0.25) is 0 Å². The van der Waals surface area contributed by atoms with Crippen molar-refractivity contribution in [1.82, 2.24) is 0 Å². The molecule has 0 saturated carbocycles. The first-order chi connectivity index (χ1) is 11.6. The Balaban J connectivity index is 2.70. The molecule has 0 aliphatic rings. The third-order valence-corrected chi connectivity index (χ3v) is 4.05. The molecule has 0 aromatic heterocycles. The van der Waals surface area contributed by atoms with Crippen LogP contribution >= 0.6 is 0 Å². The lowest BCUT2D eigenvalue weighted by molar-refractivity contribution is 0.0598. The Bertz CT molecular complexity index is 693. The van der Waals surface area contributed by atoms with Gasteiger partial charge in [0.2, 0.25) is 0 Å². The van der Waals surface area contributed by atoms with E-state index in [0.717, 1.165) is 23.1 Å². The molecule has 4 nitrogen and oxygen atoms in total. The van der Waals surface area contributed by atoms with Crippen LogP contribution in [0.5, 0.6) is 5.75 Å². The minimum atomic E-state index is -0.526. The summed E-state index contributed by atoms with van der Waals surface area (Å²) in [5.41, 5.74) is 3.59. The van der Waals surface area contributed by atoms with Crippen molar-refractivity contribution in [2.75, 3.05) is 20.8 Å². The van der Waals surface area contributed by atoms with Crippen LogP contribution in [0.15, 0.2) is 36.4 Å². The molecular formula is C20H24O4. The Morgan fingerprint density at radius 3 is 2.42 bits per heavy atom. The number of carbonyl (C=O) groups is 1. The second-order valence-electron chi connectivity index (χ2n) is 5.64. The summed E-state index contributed by atoms with van der Waals surface area (Å²) in [5.74, 6) is -0.502. The van der Waals surface area contributed by atoms with E-state index < -0.39 is 5.97 Å². The maximum Gasteiger partial charge on any atom is 0.342 e. The number of aromatic hydroxyl groups is 1. The van der Waals surface area contributed by atoms with E-state index >= 15 is 0 Å². The zero-order valence-electron chi connectivity index (χ0n) is 14.5. The smallest absolute Gasteiger partial charge is 0.342 e. The fraction of sp³-hybridized carbons (Fsp3) is 0.350. The SMILES string of the molecule is CCCc1c(CCOC)cc(-c2ccccc2)c(C(=O)OC)c1O. The highest BCUT2D eigenvalue weighted by Gasteiger charge is 2.23. The molecule has 0 saturated heterocycles. The Labute approximate surface area is 143 Å². The van der Waals surface area contributed by atoms with Crippen molar-refractivity contribution in [2.24, 2.45) is 0 Å². The first-order valence-corrected chi connectivity index (χ1v) is 8.14. The van der Waals surface area contributed by atoms with Crippen LogP contribution in [0.3, 0.4) is 0 Å². The van der Waals surface area contributed by atoms with Crippen molar-refractivity contribution in [3.8, 4) is 16.9 Å². The Kier molecular flexibility index (Phi) is 6.38. The summed E-state index contributed by atoms with van der Waals surface area (Å²) in [5, 5.41) is 10.8. The summed E-state index contributed by atoms with van der Waals surface area (Å²) in [6.45, 7) is 2.60. The Morgan fingerprint density at radius 1 is 1.12 bits per heavy atom. The molecule has 24 heavy (non-hydrogen) atoms. The van der Waals surface area contributed by atoms with E-state index in [4.69, 9.17) is 9.47 Å². The zero-order valence-corrected chi connectivity index (χ0v) is 14.5. The lowest BCUT2D eigenvalue weighted by Crippen LogP contribution is -2.09. The molecule has 0 unspecified atom stereocenters. The molecule has 128 valence electrons. The van der Waals surface area contributed by atoms with Crippen LogP contribution < -0.4 is 0 Å². The highest BCUT2D eigenvalue weighted by atomic mass is 16.5. The lowest BCUT2D eigenvalue weighted by atomic mass is 9.89. The van der Waals surface area contributed by atoms with E-state index in [1.165, 1.54) is 7.11 Å². The molecule has 0 atom stereocenters. The van der Waals surface area contributed by atoms with Gasteiger partial charge in [-0.2, -0.15) is 0 Å². The third kappa shape index (κ3) is 3.77. The maximum absolute atomic E-state index is 12.3. The lowest BCUT2D eigenvalue weighted by Gasteiger charge is -2.18. The number of ether oxygens (including phenoxy) is 2. The van der Waals surface area contributed by atoms with Crippen LogP contribution in [0.4, 0.5) is 0 Å². The molecule has 0 aliphatic carbocycles. The summed E-state index contributed by atoms with van der Waals surface area (Å²) in [6.07, 6.45) is 2.25. The number of methoxy groups -OCH3 is 2. The van der Waals surface area contributed by atoms with Gasteiger partial charge in [0, 0.05) is 12.7 Å². The van der Waals surface area contributed by atoms with E-state index in [0.29, 0.717) is 25.0 Å². The molecule has 0 spiro atoms. The minimum Gasteiger partial charge on any atom is -0.507 e. The van der Waals surface area contributed by atoms with E-state index in [-0.39, 0.29) is 11.3 Å². The van der Waals surface area contributed by atoms with Gasteiger partial charge < -0.3 is 14.6 Å². The predicted molar refractivity (Wildman–Crippen MR) is 94.5 cm³/mol. The average molecular weight is 328 g/mol. The molecule has 2 aromatic carbocycles. The number of carbonyl (C=O) groups excluding carboxylic acids is 1. The summed E-state index contributed by atoms with van der Waals surface area (Å²) >= 11 is 0. The summed E-state index contributed by atoms with van der Waals surface area (Å²) in [6, 6.07) is 11.5. The van der Waals surface area contributed by atoms with Gasteiger partial charge in [0.15, 0.2) is 0 Å². The van der Waals surface area contributed by atoms with Crippen molar-refractivity contribution in [3.63, 3.8) is 0 Å². The second kappa shape index (κ2) is 8.50. The van der Waals surface area contributed by atoms with Crippen LogP contribution in [-0.4, -0.2) is 31.9 Å². The number of phenols is 1. The van der Waals surface area contributed by atoms with Gasteiger partial charge in [0.1, 0.15) is 11.3 Å². The normalized spacial score (nSPS) is 10.6. The highest BCUT2D eigenvalue weighted by molar-refractivity contribution is 6.00. The molecule has 0 amide bonds. The number of phenolic OH excluding ortho intramolecular Hbond substituents is 1. The van der Waals surface area contributed by atoms with Crippen LogP contribution in [0.1, 0.15) is 34.8 Å². The van der Waals surface area contributed by atoms with Gasteiger partial charge in [-0.3, -0.25) is 0 Å². The van der Waals surface area contributed by atoms with Gasteiger partial charge >= 0.3 is 5.97 Å². The van der Waals surface area contributed by atoms with Gasteiger partial charge in [-0.15, -0.1) is 0 Å². The highest BCUT2D eigenvalue weighted by Crippen LogP contribution is 2.37. The van der Waals surface area contributed by atoms with Crippen molar-refractivity contribution in [1.29, 1.82) is 0 Å². The van der Waals surface area contributed by atoms with Crippen molar-refractivity contribution in [3.05, 3.63) is 53.1 Å². The monoisotopic (exact) mass is 328 g/mol. The molecule has 0 fully saturated rings. The first kappa shape index (κ1) is 18.0. The predicted octanol–water partition coefficient (Wildman–Crippen LogP) is 3.99. The summed E-state index contributed by atoms with van der Waals surface area (Å²) in [7, 11) is 2.98. The van der Waals surface area contributed by atoms with Gasteiger partial charge in [0.05, 0.1) is 13.7 Å². The number of hydrogen-bond donors (Lipinski definition) is 1. The van der Waals surface area contributed by atoms with Crippen LogP contribution in [0, 0.1) is 0 Å². The topological polar surface area (TPSA) is 55.8 Å². The maximum atomic E-state index is 12.3. The van der Waals surface area contributed by atoms with Gasteiger partial charge in [-0.05, 0) is 35.6 Å². The molecule has 0 aliphatic heterocycles. The van der Waals surface area contributed by atoms with Crippen molar-refractivity contribution >= 4 is 5.97 Å². The number of benzene rings is 2.